The van der Waals surface area contributed by atoms with Crippen molar-refractivity contribution in [1.82, 2.24) is 10.4 Å². The Kier molecular flexibility index (Phi) is 6.44. The van der Waals surface area contributed by atoms with Crippen molar-refractivity contribution in [2.24, 2.45) is 5.10 Å². The minimum Gasteiger partial charge on any atom is -0.331 e. The molecule has 3 rings (SSSR count). The number of aromatic nitrogens is 1. The van der Waals surface area contributed by atoms with Crippen molar-refractivity contribution in [3.63, 3.8) is 0 Å². The van der Waals surface area contributed by atoms with Crippen molar-refractivity contribution in [2.75, 3.05) is 5.32 Å². The molecule has 0 aliphatic heterocycles. The van der Waals surface area contributed by atoms with Gasteiger partial charge in [-0.2, -0.15) is 5.10 Å². The van der Waals surface area contributed by atoms with Gasteiger partial charge in [-0.15, -0.1) is 0 Å². The molecule has 5 heteroatoms. The van der Waals surface area contributed by atoms with Gasteiger partial charge < -0.3 is 5.32 Å². The van der Waals surface area contributed by atoms with Crippen molar-refractivity contribution >= 4 is 34.8 Å². The molecular weight excluding hydrogens is 352 g/mol. The summed E-state index contributed by atoms with van der Waals surface area (Å²) in [7, 11) is 0. The lowest BCUT2D eigenvalue weighted by molar-refractivity contribution is 1.04. The van der Waals surface area contributed by atoms with E-state index in [4.69, 9.17) is 12.2 Å². The summed E-state index contributed by atoms with van der Waals surface area (Å²) >= 11 is 5.34. The average Bonchev–Trinajstić information content (AvgIpc) is 2.71. The minimum atomic E-state index is 0.417. The van der Waals surface area contributed by atoms with E-state index in [2.05, 4.69) is 20.8 Å². The molecule has 0 aliphatic carbocycles. The van der Waals surface area contributed by atoms with Crippen LogP contribution >= 0.6 is 12.2 Å². The van der Waals surface area contributed by atoms with E-state index in [-0.39, 0.29) is 0 Å². The number of nitrogens with one attached hydrogen (secondary N) is 2. The van der Waals surface area contributed by atoms with Gasteiger partial charge in [0.2, 0.25) is 0 Å². The molecule has 0 aliphatic rings. The van der Waals surface area contributed by atoms with E-state index in [0.29, 0.717) is 10.8 Å². The maximum absolute atomic E-state index is 5.34. The van der Waals surface area contributed by atoms with E-state index >= 15 is 0 Å². The van der Waals surface area contributed by atoms with E-state index in [9.17, 15) is 0 Å². The van der Waals surface area contributed by atoms with Crippen LogP contribution in [0.15, 0.2) is 90.2 Å². The second-order valence-corrected chi connectivity index (χ2v) is 6.30. The van der Waals surface area contributed by atoms with Crippen molar-refractivity contribution in [3.05, 3.63) is 102 Å². The fourth-order valence-electron chi connectivity index (χ4n) is 2.34. The molecule has 0 unspecified atom stereocenters. The second kappa shape index (κ2) is 9.40. The Bertz CT molecular complexity index is 933. The highest BCUT2D eigenvalue weighted by atomic mass is 32.1. The summed E-state index contributed by atoms with van der Waals surface area (Å²) in [5, 5.41) is 7.97. The number of hydrogen-bond acceptors (Lipinski definition) is 3. The molecule has 2 N–H and O–H groups in total. The number of hydrazone groups is 1. The summed E-state index contributed by atoms with van der Waals surface area (Å²) in [5.41, 5.74) is 7.53. The predicted octanol–water partition coefficient (Wildman–Crippen LogP) is 4.79. The zero-order valence-corrected chi connectivity index (χ0v) is 15.8. The van der Waals surface area contributed by atoms with Crippen LogP contribution in [0.4, 0.5) is 5.69 Å². The Morgan fingerprint density at radius 1 is 0.963 bits per heavy atom. The molecule has 0 radical (unpaired) electrons. The fourth-order valence-corrected chi connectivity index (χ4v) is 2.50. The molecule has 0 saturated carbocycles. The zero-order valence-electron chi connectivity index (χ0n) is 15.0. The number of hydrogen-bond donors (Lipinski definition) is 2. The van der Waals surface area contributed by atoms with Gasteiger partial charge in [0, 0.05) is 11.9 Å². The van der Waals surface area contributed by atoms with Crippen LogP contribution in [0.25, 0.3) is 6.08 Å². The molecule has 134 valence electrons. The van der Waals surface area contributed by atoms with Gasteiger partial charge in [-0.25, -0.2) is 0 Å². The van der Waals surface area contributed by atoms with Crippen LogP contribution in [0.5, 0.6) is 0 Å². The van der Waals surface area contributed by atoms with Gasteiger partial charge in [-0.05, 0) is 55.0 Å². The zero-order chi connectivity index (χ0) is 18.9. The Morgan fingerprint density at radius 2 is 1.70 bits per heavy atom. The van der Waals surface area contributed by atoms with Crippen LogP contribution in [-0.4, -0.2) is 15.8 Å². The average molecular weight is 372 g/mol. The third-order valence-corrected chi connectivity index (χ3v) is 3.94. The first kappa shape index (κ1) is 18.5. The molecule has 3 aromatic rings. The van der Waals surface area contributed by atoms with Crippen LogP contribution in [0.3, 0.4) is 0 Å². The largest absolute Gasteiger partial charge is 0.331 e. The van der Waals surface area contributed by atoms with Crippen LogP contribution in [0, 0.1) is 6.92 Å². The first-order valence-electron chi connectivity index (χ1n) is 8.56. The molecule has 0 saturated heterocycles. The second-order valence-electron chi connectivity index (χ2n) is 5.89. The third-order valence-electron chi connectivity index (χ3n) is 3.75. The lowest BCUT2D eigenvalue weighted by Crippen LogP contribution is -2.25. The standard InChI is InChI=1S/C22H20N4S/c1-17-10-13-19(14-11-17)24-22(27)26-25-21(20-9-5-6-16-23-20)15-12-18-7-3-2-4-8-18/h2-16H,1H3,(H2,24,26,27)/b15-12+,25-21+. The predicted molar refractivity (Wildman–Crippen MR) is 117 cm³/mol. The number of thiocarbonyl (C=S) groups is 1. The van der Waals surface area contributed by atoms with Crippen LogP contribution in [-0.2, 0) is 0 Å². The molecule has 0 atom stereocenters. The highest BCUT2D eigenvalue weighted by molar-refractivity contribution is 7.80. The van der Waals surface area contributed by atoms with Gasteiger partial charge in [0.05, 0.1) is 5.69 Å². The molecular formula is C22H20N4S. The van der Waals surface area contributed by atoms with E-state index < -0.39 is 0 Å². The van der Waals surface area contributed by atoms with E-state index in [1.165, 1.54) is 5.56 Å². The van der Waals surface area contributed by atoms with E-state index in [1.54, 1.807) is 6.20 Å². The number of anilines is 1. The molecule has 0 spiro atoms. The lowest BCUT2D eigenvalue weighted by atomic mass is 10.1. The summed E-state index contributed by atoms with van der Waals surface area (Å²) < 4.78 is 0. The SMILES string of the molecule is Cc1ccc(NC(=S)N/N=C(\C=C\c2ccccc2)c2ccccn2)cc1. The van der Waals surface area contributed by atoms with Crippen molar-refractivity contribution in [3.8, 4) is 0 Å². The first-order valence-corrected chi connectivity index (χ1v) is 8.97. The van der Waals surface area contributed by atoms with Gasteiger partial charge in [-0.1, -0.05) is 60.2 Å². The summed E-state index contributed by atoms with van der Waals surface area (Å²) in [5.74, 6) is 0. The quantitative estimate of drug-likeness (QED) is 0.384. The lowest BCUT2D eigenvalue weighted by Gasteiger charge is -2.08. The number of pyridine rings is 1. The monoisotopic (exact) mass is 372 g/mol. The van der Waals surface area contributed by atoms with Crippen molar-refractivity contribution in [1.29, 1.82) is 0 Å². The number of aryl methyl sites for hydroxylation is 1. The molecule has 0 bridgehead atoms. The summed E-state index contributed by atoms with van der Waals surface area (Å²) in [6, 6.07) is 23.7. The van der Waals surface area contributed by atoms with Gasteiger partial charge in [0.1, 0.15) is 5.71 Å². The molecule has 1 heterocycles. The normalized spacial score (nSPS) is 11.4. The van der Waals surface area contributed by atoms with Gasteiger partial charge in [-0.3, -0.25) is 10.4 Å². The molecule has 0 fully saturated rings. The van der Waals surface area contributed by atoms with Crippen LogP contribution < -0.4 is 10.7 Å². The molecule has 1 aromatic heterocycles. The Balaban J connectivity index is 1.74. The number of rotatable bonds is 5. The maximum atomic E-state index is 5.34. The highest BCUT2D eigenvalue weighted by Gasteiger charge is 2.02. The van der Waals surface area contributed by atoms with E-state index in [1.807, 2.05) is 91.9 Å². The topological polar surface area (TPSA) is 49.3 Å². The molecule has 27 heavy (non-hydrogen) atoms. The highest BCUT2D eigenvalue weighted by Crippen LogP contribution is 2.08. The van der Waals surface area contributed by atoms with Crippen molar-refractivity contribution < 1.29 is 0 Å². The molecule has 4 nitrogen and oxygen atoms in total. The minimum absolute atomic E-state index is 0.417. The first-order chi connectivity index (χ1) is 13.2. The number of allylic oxidation sites excluding steroid dienone is 1. The van der Waals surface area contributed by atoms with Gasteiger partial charge in [0.15, 0.2) is 5.11 Å². The number of nitrogens with zero attached hydrogens (tertiary/aromatic N) is 2. The maximum Gasteiger partial charge on any atom is 0.191 e. The van der Waals surface area contributed by atoms with Crippen molar-refractivity contribution in [2.45, 2.75) is 6.92 Å². The van der Waals surface area contributed by atoms with Crippen LogP contribution in [0.1, 0.15) is 16.8 Å². The van der Waals surface area contributed by atoms with Gasteiger partial charge in [0.25, 0.3) is 0 Å². The summed E-state index contributed by atoms with van der Waals surface area (Å²) in [6.45, 7) is 2.04. The Hall–Kier alpha value is -3.31. The third kappa shape index (κ3) is 5.87. The summed E-state index contributed by atoms with van der Waals surface area (Å²) in [6.07, 6.45) is 5.65. The summed E-state index contributed by atoms with van der Waals surface area (Å²) in [4.78, 5) is 4.38. The smallest absolute Gasteiger partial charge is 0.191 e. The number of benzene rings is 2. The van der Waals surface area contributed by atoms with Crippen LogP contribution in [0.2, 0.25) is 0 Å². The molecule has 0 amide bonds. The van der Waals surface area contributed by atoms with E-state index in [0.717, 1.165) is 16.9 Å². The fraction of sp³-hybridized carbons (Fsp3) is 0.0455. The Labute approximate surface area is 164 Å². The van der Waals surface area contributed by atoms with Gasteiger partial charge >= 0.3 is 0 Å². The molecule has 2 aromatic carbocycles. The Morgan fingerprint density at radius 3 is 2.41 bits per heavy atom.